The number of anilines is 1. The molecule has 0 aliphatic carbocycles. The number of ether oxygens (including phenoxy) is 1. The normalized spacial score (nSPS) is 10.2. The Morgan fingerprint density at radius 1 is 1.25 bits per heavy atom. The molecule has 0 saturated heterocycles. The van der Waals surface area contributed by atoms with Gasteiger partial charge in [-0.05, 0) is 58.7 Å². The summed E-state index contributed by atoms with van der Waals surface area (Å²) in [6, 6.07) is 9.36. The summed E-state index contributed by atoms with van der Waals surface area (Å²) < 4.78 is 19.0. The lowest BCUT2D eigenvalue weighted by Gasteiger charge is -2.10. The van der Waals surface area contributed by atoms with Crippen LogP contribution in [0.5, 0.6) is 5.75 Å². The van der Waals surface area contributed by atoms with Crippen LogP contribution in [0.25, 0.3) is 0 Å². The SMILES string of the molecule is COc1ccc(Br)c(C(=O)Nc2cc(F)ccc2C)c1. The molecular formula is C15H13BrFNO2. The third-order valence-electron chi connectivity index (χ3n) is 2.87. The minimum absolute atomic E-state index is 0.329. The zero-order valence-corrected chi connectivity index (χ0v) is 12.6. The number of amides is 1. The van der Waals surface area contributed by atoms with Crippen LogP contribution in [0.2, 0.25) is 0 Å². The van der Waals surface area contributed by atoms with Crippen LogP contribution in [-0.4, -0.2) is 13.0 Å². The topological polar surface area (TPSA) is 38.3 Å². The van der Waals surface area contributed by atoms with Crippen LogP contribution in [-0.2, 0) is 0 Å². The maximum Gasteiger partial charge on any atom is 0.256 e. The second-order valence-electron chi connectivity index (χ2n) is 4.26. The van der Waals surface area contributed by atoms with E-state index in [1.165, 1.54) is 19.2 Å². The van der Waals surface area contributed by atoms with E-state index in [4.69, 9.17) is 4.74 Å². The van der Waals surface area contributed by atoms with Crippen molar-refractivity contribution in [3.05, 3.63) is 57.8 Å². The van der Waals surface area contributed by atoms with Gasteiger partial charge < -0.3 is 10.1 Å². The van der Waals surface area contributed by atoms with E-state index < -0.39 is 5.82 Å². The molecule has 2 rings (SSSR count). The second kappa shape index (κ2) is 6.05. The van der Waals surface area contributed by atoms with Crippen LogP contribution in [0, 0.1) is 12.7 Å². The van der Waals surface area contributed by atoms with E-state index in [-0.39, 0.29) is 5.91 Å². The maximum absolute atomic E-state index is 13.2. The number of rotatable bonds is 3. The average Bonchev–Trinajstić information content (AvgIpc) is 2.43. The van der Waals surface area contributed by atoms with Crippen molar-refractivity contribution in [2.75, 3.05) is 12.4 Å². The van der Waals surface area contributed by atoms with Crippen LogP contribution in [0.1, 0.15) is 15.9 Å². The van der Waals surface area contributed by atoms with Crippen LogP contribution in [0.3, 0.4) is 0 Å². The highest BCUT2D eigenvalue weighted by Crippen LogP contribution is 2.24. The molecule has 0 aliphatic rings. The first-order chi connectivity index (χ1) is 9.51. The Hall–Kier alpha value is -1.88. The summed E-state index contributed by atoms with van der Waals surface area (Å²) in [6.45, 7) is 1.80. The third-order valence-corrected chi connectivity index (χ3v) is 3.56. The van der Waals surface area contributed by atoms with E-state index >= 15 is 0 Å². The minimum atomic E-state index is -0.393. The Balaban J connectivity index is 2.30. The molecule has 0 radical (unpaired) electrons. The van der Waals surface area contributed by atoms with E-state index in [1.807, 2.05) is 0 Å². The number of hydrogen-bond donors (Lipinski definition) is 1. The van der Waals surface area contributed by atoms with Gasteiger partial charge in [0, 0.05) is 10.2 Å². The van der Waals surface area contributed by atoms with Crippen molar-refractivity contribution in [1.82, 2.24) is 0 Å². The highest BCUT2D eigenvalue weighted by Gasteiger charge is 2.13. The molecule has 5 heteroatoms. The largest absolute Gasteiger partial charge is 0.497 e. The molecule has 0 fully saturated rings. The zero-order chi connectivity index (χ0) is 14.7. The summed E-state index contributed by atoms with van der Waals surface area (Å²) in [6.07, 6.45) is 0. The van der Waals surface area contributed by atoms with Gasteiger partial charge in [-0.1, -0.05) is 6.07 Å². The summed E-state index contributed by atoms with van der Waals surface area (Å²) in [4.78, 5) is 12.2. The predicted octanol–water partition coefficient (Wildman–Crippen LogP) is 4.16. The molecule has 2 aromatic rings. The zero-order valence-electron chi connectivity index (χ0n) is 11.0. The van der Waals surface area contributed by atoms with Gasteiger partial charge >= 0.3 is 0 Å². The van der Waals surface area contributed by atoms with Crippen LogP contribution < -0.4 is 10.1 Å². The summed E-state index contributed by atoms with van der Waals surface area (Å²) in [5.41, 5.74) is 1.66. The first-order valence-electron chi connectivity index (χ1n) is 5.92. The monoisotopic (exact) mass is 337 g/mol. The number of hydrogen-bond acceptors (Lipinski definition) is 2. The Morgan fingerprint density at radius 3 is 2.70 bits per heavy atom. The van der Waals surface area contributed by atoms with Gasteiger partial charge in [-0.25, -0.2) is 4.39 Å². The molecule has 0 saturated carbocycles. The van der Waals surface area contributed by atoms with E-state index in [0.29, 0.717) is 21.5 Å². The Morgan fingerprint density at radius 2 is 2.00 bits per heavy atom. The van der Waals surface area contributed by atoms with E-state index in [1.54, 1.807) is 31.2 Å². The van der Waals surface area contributed by atoms with Crippen LogP contribution in [0.15, 0.2) is 40.9 Å². The second-order valence-corrected chi connectivity index (χ2v) is 5.11. The molecule has 1 amide bonds. The van der Waals surface area contributed by atoms with Gasteiger partial charge in [-0.3, -0.25) is 4.79 Å². The quantitative estimate of drug-likeness (QED) is 0.913. The molecule has 0 spiro atoms. The predicted molar refractivity (Wildman–Crippen MR) is 79.8 cm³/mol. The lowest BCUT2D eigenvalue weighted by atomic mass is 10.1. The molecule has 0 aliphatic heterocycles. The van der Waals surface area contributed by atoms with Crippen molar-refractivity contribution in [3.8, 4) is 5.75 Å². The van der Waals surface area contributed by atoms with E-state index in [0.717, 1.165) is 5.56 Å². The van der Waals surface area contributed by atoms with Crippen molar-refractivity contribution >= 4 is 27.5 Å². The Kier molecular flexibility index (Phi) is 4.39. The number of benzene rings is 2. The summed E-state index contributed by atoms with van der Waals surface area (Å²) in [7, 11) is 1.53. The van der Waals surface area contributed by atoms with E-state index in [2.05, 4.69) is 21.2 Å². The molecule has 0 atom stereocenters. The molecule has 104 valence electrons. The van der Waals surface area contributed by atoms with Gasteiger partial charge in [0.25, 0.3) is 5.91 Å². The van der Waals surface area contributed by atoms with Crippen molar-refractivity contribution in [1.29, 1.82) is 0 Å². The Labute approximate surface area is 124 Å². The fraction of sp³-hybridized carbons (Fsp3) is 0.133. The molecule has 2 aromatic carbocycles. The molecule has 1 N–H and O–H groups in total. The number of nitrogens with one attached hydrogen (secondary N) is 1. The maximum atomic E-state index is 13.2. The van der Waals surface area contributed by atoms with Gasteiger partial charge in [-0.15, -0.1) is 0 Å². The van der Waals surface area contributed by atoms with Crippen molar-refractivity contribution < 1.29 is 13.9 Å². The molecular weight excluding hydrogens is 325 g/mol. The number of carbonyl (C=O) groups is 1. The molecule has 0 aromatic heterocycles. The first kappa shape index (κ1) is 14.5. The third kappa shape index (κ3) is 3.17. The molecule has 0 heterocycles. The fourth-order valence-corrected chi connectivity index (χ4v) is 2.15. The Bertz CT molecular complexity index is 658. The van der Waals surface area contributed by atoms with Crippen LogP contribution >= 0.6 is 15.9 Å². The van der Waals surface area contributed by atoms with Gasteiger partial charge in [0.05, 0.1) is 12.7 Å². The molecule has 0 bridgehead atoms. The van der Waals surface area contributed by atoms with Crippen molar-refractivity contribution in [3.63, 3.8) is 0 Å². The highest BCUT2D eigenvalue weighted by atomic mass is 79.9. The van der Waals surface area contributed by atoms with Crippen molar-refractivity contribution in [2.24, 2.45) is 0 Å². The number of carbonyl (C=O) groups excluding carboxylic acids is 1. The lowest BCUT2D eigenvalue weighted by molar-refractivity contribution is 0.102. The average molecular weight is 338 g/mol. The van der Waals surface area contributed by atoms with Gasteiger partial charge in [0.2, 0.25) is 0 Å². The smallest absolute Gasteiger partial charge is 0.256 e. The van der Waals surface area contributed by atoms with Gasteiger partial charge in [-0.2, -0.15) is 0 Å². The molecule has 3 nitrogen and oxygen atoms in total. The summed E-state index contributed by atoms with van der Waals surface area (Å²) >= 11 is 3.32. The van der Waals surface area contributed by atoms with E-state index in [9.17, 15) is 9.18 Å². The number of halogens is 2. The number of methoxy groups -OCH3 is 1. The lowest BCUT2D eigenvalue weighted by Crippen LogP contribution is -2.13. The fourth-order valence-electron chi connectivity index (χ4n) is 1.72. The van der Waals surface area contributed by atoms with Crippen molar-refractivity contribution in [2.45, 2.75) is 6.92 Å². The minimum Gasteiger partial charge on any atom is -0.497 e. The highest BCUT2D eigenvalue weighted by molar-refractivity contribution is 9.10. The first-order valence-corrected chi connectivity index (χ1v) is 6.71. The summed E-state index contributed by atoms with van der Waals surface area (Å²) in [5.74, 6) is -0.144. The van der Waals surface area contributed by atoms with Gasteiger partial charge in [0.1, 0.15) is 11.6 Å². The summed E-state index contributed by atoms with van der Waals surface area (Å²) in [5, 5.41) is 2.69. The standard InChI is InChI=1S/C15H13BrFNO2/c1-9-3-4-10(17)7-14(9)18-15(19)12-8-11(20-2)5-6-13(12)16/h3-8H,1-2H3,(H,18,19). The molecule has 0 unspecified atom stereocenters. The van der Waals surface area contributed by atoms with Gasteiger partial charge in [0.15, 0.2) is 0 Å². The molecule has 20 heavy (non-hydrogen) atoms. The number of aryl methyl sites for hydroxylation is 1. The van der Waals surface area contributed by atoms with Crippen LogP contribution in [0.4, 0.5) is 10.1 Å².